The lowest BCUT2D eigenvalue weighted by molar-refractivity contribution is -0.141. The van der Waals surface area contributed by atoms with Crippen LogP contribution < -0.4 is 5.32 Å². The molecule has 2 aromatic rings. The van der Waals surface area contributed by atoms with Crippen LogP contribution in [0.1, 0.15) is 39.5 Å². The summed E-state index contributed by atoms with van der Waals surface area (Å²) < 4.78 is 33.0. The van der Waals surface area contributed by atoms with Crippen LogP contribution in [-0.2, 0) is 19.6 Å². The summed E-state index contributed by atoms with van der Waals surface area (Å²) in [7, 11) is -3.93. The third-order valence-electron chi connectivity index (χ3n) is 6.30. The Morgan fingerprint density at radius 3 is 2.21 bits per heavy atom. The lowest BCUT2D eigenvalue weighted by Crippen LogP contribution is -2.44. The highest BCUT2D eigenvalue weighted by atomic mass is 32.2. The van der Waals surface area contributed by atoms with Crippen LogP contribution in [0.4, 0.5) is 10.5 Å². The molecule has 0 spiro atoms. The second kappa shape index (κ2) is 9.15. The predicted molar refractivity (Wildman–Crippen MR) is 123 cm³/mol. The fourth-order valence-corrected chi connectivity index (χ4v) is 6.72. The Hall–Kier alpha value is -2.91. The maximum Gasteiger partial charge on any atom is 0.411 e. The van der Waals surface area contributed by atoms with E-state index >= 15 is 0 Å². The van der Waals surface area contributed by atoms with E-state index in [-0.39, 0.29) is 23.0 Å². The molecule has 1 heterocycles. The van der Waals surface area contributed by atoms with Crippen molar-refractivity contribution in [3.8, 4) is 11.1 Å². The van der Waals surface area contributed by atoms with E-state index in [0.717, 1.165) is 24.0 Å². The number of hydrogen-bond acceptors (Lipinski definition) is 5. The van der Waals surface area contributed by atoms with Gasteiger partial charge < -0.3 is 9.84 Å². The van der Waals surface area contributed by atoms with E-state index in [4.69, 9.17) is 4.74 Å². The minimum atomic E-state index is -3.93. The quantitative estimate of drug-likeness (QED) is 0.647. The van der Waals surface area contributed by atoms with Gasteiger partial charge in [0.25, 0.3) is 0 Å². The molecule has 176 valence electrons. The summed E-state index contributed by atoms with van der Waals surface area (Å²) in [5, 5.41) is 12.3. The molecule has 2 aromatic carbocycles. The summed E-state index contributed by atoms with van der Waals surface area (Å²) in [5.41, 5.74) is 2.24. The number of carboxylic acids is 1. The number of nitrogens with zero attached hydrogens (tertiary/aromatic N) is 1. The summed E-state index contributed by atoms with van der Waals surface area (Å²) in [5.74, 6) is -0.972. The van der Waals surface area contributed by atoms with Crippen LogP contribution >= 0.6 is 0 Å². The lowest BCUT2D eigenvalue weighted by Gasteiger charge is -2.26. The number of rotatable bonds is 6. The van der Waals surface area contributed by atoms with Crippen LogP contribution in [-0.4, -0.2) is 48.1 Å². The van der Waals surface area contributed by atoms with Crippen LogP contribution in [0.25, 0.3) is 11.1 Å². The number of fused-ring (bicyclic) bond motifs is 1. The number of amides is 1. The first-order valence-electron chi connectivity index (χ1n) is 11.1. The molecule has 8 nitrogen and oxygen atoms in total. The van der Waals surface area contributed by atoms with E-state index in [9.17, 15) is 23.1 Å². The molecule has 0 unspecified atom stereocenters. The normalized spacial score (nSPS) is 22.8. The average Bonchev–Trinajstić information content (AvgIpc) is 3.35. The molecule has 1 saturated heterocycles. The highest BCUT2D eigenvalue weighted by molar-refractivity contribution is 7.89. The first-order chi connectivity index (χ1) is 15.7. The van der Waals surface area contributed by atoms with Crippen molar-refractivity contribution in [2.75, 3.05) is 5.32 Å². The summed E-state index contributed by atoms with van der Waals surface area (Å²) >= 11 is 0. The number of nitrogens with one attached hydrogen (secondary N) is 1. The SMILES string of the molecule is CC(C)OC(=O)Nc1ccc(-c2ccc(S(=O)(=O)N3[C@@H](C(=O)O)C[C@H]4CCC[C@H]43)cc2)cc1. The Labute approximate surface area is 193 Å². The highest BCUT2D eigenvalue weighted by Gasteiger charge is 2.52. The molecule has 4 rings (SSSR count). The molecule has 2 fully saturated rings. The number of hydrogen-bond donors (Lipinski definition) is 2. The maximum atomic E-state index is 13.4. The van der Waals surface area contributed by atoms with Crippen molar-refractivity contribution in [3.63, 3.8) is 0 Å². The van der Waals surface area contributed by atoms with Crippen LogP contribution in [0.15, 0.2) is 53.4 Å². The van der Waals surface area contributed by atoms with Gasteiger partial charge >= 0.3 is 12.1 Å². The zero-order valence-corrected chi connectivity index (χ0v) is 19.4. The molecule has 0 bridgehead atoms. The van der Waals surface area contributed by atoms with Gasteiger partial charge in [0.05, 0.1) is 11.0 Å². The van der Waals surface area contributed by atoms with Crippen LogP contribution in [0, 0.1) is 5.92 Å². The Balaban J connectivity index is 1.52. The van der Waals surface area contributed by atoms with Gasteiger partial charge in [-0.3, -0.25) is 10.1 Å². The summed E-state index contributed by atoms with van der Waals surface area (Å²) in [6.07, 6.45) is 2.13. The second-order valence-electron chi connectivity index (χ2n) is 8.86. The van der Waals surface area contributed by atoms with Crippen molar-refractivity contribution in [2.24, 2.45) is 5.92 Å². The third kappa shape index (κ3) is 4.74. The first-order valence-corrected chi connectivity index (χ1v) is 12.6. The second-order valence-corrected chi connectivity index (χ2v) is 10.7. The van der Waals surface area contributed by atoms with E-state index < -0.39 is 28.1 Å². The van der Waals surface area contributed by atoms with Crippen LogP contribution in [0.5, 0.6) is 0 Å². The Kier molecular flexibility index (Phi) is 6.45. The van der Waals surface area contributed by atoms with Gasteiger partial charge in [0.1, 0.15) is 6.04 Å². The van der Waals surface area contributed by atoms with Crippen molar-refractivity contribution < 1.29 is 27.9 Å². The fourth-order valence-electron chi connectivity index (χ4n) is 4.85. The van der Waals surface area contributed by atoms with Crippen LogP contribution in [0.2, 0.25) is 0 Å². The summed E-state index contributed by atoms with van der Waals surface area (Å²) in [6, 6.07) is 12.3. The number of benzene rings is 2. The van der Waals surface area contributed by atoms with E-state index in [1.165, 1.54) is 16.4 Å². The first kappa shape index (κ1) is 23.3. The van der Waals surface area contributed by atoms with E-state index in [2.05, 4.69) is 5.32 Å². The molecule has 1 saturated carbocycles. The Bertz CT molecular complexity index is 1130. The maximum absolute atomic E-state index is 13.4. The topological polar surface area (TPSA) is 113 Å². The molecule has 1 aliphatic heterocycles. The minimum absolute atomic E-state index is 0.0970. The minimum Gasteiger partial charge on any atom is -0.480 e. The molecule has 9 heteroatoms. The summed E-state index contributed by atoms with van der Waals surface area (Å²) in [6.45, 7) is 3.54. The molecule has 1 aliphatic carbocycles. The van der Waals surface area contributed by atoms with Crippen LogP contribution in [0.3, 0.4) is 0 Å². The molecule has 0 radical (unpaired) electrons. The van der Waals surface area contributed by atoms with Gasteiger partial charge in [0.2, 0.25) is 10.0 Å². The molecule has 3 atom stereocenters. The number of carbonyl (C=O) groups excluding carboxylic acids is 1. The molecule has 0 aromatic heterocycles. The van der Waals surface area contributed by atoms with Gasteiger partial charge in [-0.1, -0.05) is 30.7 Å². The number of aliphatic carboxylic acids is 1. The monoisotopic (exact) mass is 472 g/mol. The molecular weight excluding hydrogens is 444 g/mol. The number of sulfonamides is 1. The third-order valence-corrected chi connectivity index (χ3v) is 8.25. The zero-order valence-electron chi connectivity index (χ0n) is 18.6. The standard InChI is InChI=1S/C24H28N2O6S/c1-15(2)32-24(29)25-19-10-6-16(7-11-19)17-8-12-20(13-9-17)33(30,31)26-21-5-3-4-18(21)14-22(26)23(27)28/h6-13,15,18,21-22H,3-5,14H2,1-2H3,(H,25,29)(H,27,28)/t18-,21-,22-/m1/s1. The predicted octanol–water partition coefficient (Wildman–Crippen LogP) is 4.33. The number of anilines is 1. The molecule has 2 N–H and O–H groups in total. The molecule has 33 heavy (non-hydrogen) atoms. The molecule has 2 aliphatic rings. The van der Waals surface area contributed by atoms with Crippen molar-refractivity contribution in [1.29, 1.82) is 0 Å². The van der Waals surface area contributed by atoms with Crippen molar-refractivity contribution >= 4 is 27.8 Å². The fraction of sp³-hybridized carbons (Fsp3) is 0.417. The number of carboxylic acid groups (broad SMARTS) is 1. The van der Waals surface area contributed by atoms with Crippen molar-refractivity contribution in [1.82, 2.24) is 4.31 Å². The van der Waals surface area contributed by atoms with E-state index in [1.807, 2.05) is 12.1 Å². The van der Waals surface area contributed by atoms with Gasteiger partial charge in [-0.05, 0) is 74.4 Å². The smallest absolute Gasteiger partial charge is 0.411 e. The molecule has 1 amide bonds. The Morgan fingerprint density at radius 1 is 1.03 bits per heavy atom. The Morgan fingerprint density at radius 2 is 1.64 bits per heavy atom. The number of carbonyl (C=O) groups is 2. The van der Waals surface area contributed by atoms with E-state index in [1.54, 1.807) is 38.1 Å². The van der Waals surface area contributed by atoms with Gasteiger partial charge in [0, 0.05) is 11.7 Å². The van der Waals surface area contributed by atoms with E-state index in [0.29, 0.717) is 18.5 Å². The lowest BCUT2D eigenvalue weighted by atomic mass is 10.0. The van der Waals surface area contributed by atoms with Gasteiger partial charge in [-0.25, -0.2) is 13.2 Å². The van der Waals surface area contributed by atoms with Crippen molar-refractivity contribution in [2.45, 2.75) is 62.6 Å². The largest absolute Gasteiger partial charge is 0.480 e. The zero-order chi connectivity index (χ0) is 23.8. The number of ether oxygens (including phenoxy) is 1. The summed E-state index contributed by atoms with van der Waals surface area (Å²) in [4.78, 5) is 23.6. The van der Waals surface area contributed by atoms with Gasteiger partial charge in [0.15, 0.2) is 0 Å². The molecular formula is C24H28N2O6S. The average molecular weight is 473 g/mol. The van der Waals surface area contributed by atoms with Gasteiger partial charge in [-0.2, -0.15) is 4.31 Å². The highest BCUT2D eigenvalue weighted by Crippen LogP contribution is 2.44. The van der Waals surface area contributed by atoms with Gasteiger partial charge in [-0.15, -0.1) is 0 Å². The van der Waals surface area contributed by atoms with Crippen molar-refractivity contribution in [3.05, 3.63) is 48.5 Å².